The van der Waals surface area contributed by atoms with Gasteiger partial charge in [0.25, 0.3) is 5.91 Å². The largest absolute Gasteiger partial charge is 0.455 e. The van der Waals surface area contributed by atoms with Crippen LogP contribution >= 0.6 is 39.0 Å². The molecule has 4 aromatic rings. The number of halogens is 1. The normalized spacial score (nSPS) is 14.5. The first-order valence-electron chi connectivity index (χ1n) is 11.2. The summed E-state index contributed by atoms with van der Waals surface area (Å²) in [6, 6.07) is 17.8. The number of nitrogens with zero attached hydrogens (tertiary/aromatic N) is 3. The molecule has 3 aromatic heterocycles. The van der Waals surface area contributed by atoms with Gasteiger partial charge in [-0.15, -0.1) is 11.3 Å². The number of aryl methyl sites for hydroxylation is 1. The average Bonchev–Trinajstić information content (AvgIpc) is 3.50. The maximum atomic E-state index is 13.0. The fourth-order valence-electron chi connectivity index (χ4n) is 4.10. The fourth-order valence-corrected chi connectivity index (χ4v) is 6.23. The van der Waals surface area contributed by atoms with Gasteiger partial charge in [0.05, 0.1) is 21.5 Å². The number of hydrogen-bond acceptors (Lipinski definition) is 6. The highest BCUT2D eigenvalue weighted by atomic mass is 79.9. The molecule has 0 aliphatic carbocycles. The zero-order valence-electron chi connectivity index (χ0n) is 18.7. The molecule has 0 saturated carbocycles. The zero-order chi connectivity index (χ0) is 23.5. The first-order chi connectivity index (χ1) is 16.6. The van der Waals surface area contributed by atoms with Crippen molar-refractivity contribution in [1.29, 1.82) is 0 Å². The van der Waals surface area contributed by atoms with Crippen LogP contribution in [0.1, 0.15) is 45.0 Å². The van der Waals surface area contributed by atoms with Crippen molar-refractivity contribution in [1.82, 2.24) is 14.9 Å². The van der Waals surface area contributed by atoms with Crippen LogP contribution in [0.15, 0.2) is 74.7 Å². The molecule has 34 heavy (non-hydrogen) atoms. The smallest absolute Gasteiger partial charge is 0.289 e. The van der Waals surface area contributed by atoms with Gasteiger partial charge >= 0.3 is 0 Å². The lowest BCUT2D eigenvalue weighted by atomic mass is 9.97. The van der Waals surface area contributed by atoms with Crippen molar-refractivity contribution in [2.24, 2.45) is 0 Å². The van der Waals surface area contributed by atoms with E-state index in [2.05, 4.69) is 52.1 Å². The molecule has 1 aromatic carbocycles. The monoisotopic (exact) mass is 553 g/mol. The van der Waals surface area contributed by atoms with E-state index in [1.165, 1.54) is 9.88 Å². The SMILES string of the molecule is Cc1sc(C2CCN(C(=O)c3ccc(CSc4ccccn4)o3)CC2)nc1-c1ccc(Br)cc1. The van der Waals surface area contributed by atoms with Gasteiger partial charge in [0.2, 0.25) is 0 Å². The number of carbonyl (C=O) groups is 1. The van der Waals surface area contributed by atoms with Crippen LogP contribution in [-0.2, 0) is 5.75 Å². The molecule has 1 aliphatic rings. The minimum atomic E-state index is -0.0293. The minimum Gasteiger partial charge on any atom is -0.455 e. The summed E-state index contributed by atoms with van der Waals surface area (Å²) < 4.78 is 6.92. The highest BCUT2D eigenvalue weighted by Gasteiger charge is 2.28. The predicted molar refractivity (Wildman–Crippen MR) is 140 cm³/mol. The summed E-state index contributed by atoms with van der Waals surface area (Å²) in [6.07, 6.45) is 3.61. The topological polar surface area (TPSA) is 59.2 Å². The number of benzene rings is 1. The number of aromatic nitrogens is 2. The zero-order valence-corrected chi connectivity index (χ0v) is 22.0. The number of furan rings is 1. The molecule has 0 N–H and O–H groups in total. The molecule has 5 nitrogen and oxygen atoms in total. The number of hydrogen-bond donors (Lipinski definition) is 0. The van der Waals surface area contributed by atoms with Crippen LogP contribution < -0.4 is 0 Å². The summed E-state index contributed by atoms with van der Waals surface area (Å²) in [6.45, 7) is 3.57. The first kappa shape index (κ1) is 23.3. The van der Waals surface area contributed by atoms with Crippen LogP contribution in [0.3, 0.4) is 0 Å². The summed E-state index contributed by atoms with van der Waals surface area (Å²) in [4.78, 5) is 25.4. The summed E-state index contributed by atoms with van der Waals surface area (Å²) in [5.74, 6) is 2.21. The molecule has 0 unspecified atom stereocenters. The molecule has 1 amide bonds. The van der Waals surface area contributed by atoms with Crippen LogP contribution in [-0.4, -0.2) is 33.9 Å². The van der Waals surface area contributed by atoms with Crippen molar-refractivity contribution in [2.75, 3.05) is 13.1 Å². The van der Waals surface area contributed by atoms with Crippen molar-refractivity contribution in [2.45, 2.75) is 36.5 Å². The number of likely N-dealkylation sites (tertiary alicyclic amines) is 1. The maximum Gasteiger partial charge on any atom is 0.289 e. The Kier molecular flexibility index (Phi) is 7.18. The molecule has 5 rings (SSSR count). The summed E-state index contributed by atoms with van der Waals surface area (Å²) >= 11 is 6.87. The van der Waals surface area contributed by atoms with Gasteiger partial charge in [-0.2, -0.15) is 0 Å². The van der Waals surface area contributed by atoms with Crippen molar-refractivity contribution < 1.29 is 9.21 Å². The van der Waals surface area contributed by atoms with E-state index in [0.29, 0.717) is 30.5 Å². The van der Waals surface area contributed by atoms with E-state index in [-0.39, 0.29) is 5.91 Å². The van der Waals surface area contributed by atoms with Crippen LogP contribution in [0, 0.1) is 6.92 Å². The average molecular weight is 555 g/mol. The third-order valence-electron chi connectivity index (χ3n) is 5.93. The second-order valence-electron chi connectivity index (χ2n) is 8.25. The van der Waals surface area contributed by atoms with Gasteiger partial charge < -0.3 is 9.32 Å². The Labute approximate surface area is 215 Å². The van der Waals surface area contributed by atoms with Gasteiger partial charge in [0.15, 0.2) is 5.76 Å². The van der Waals surface area contributed by atoms with Gasteiger partial charge in [-0.25, -0.2) is 9.97 Å². The number of piperidine rings is 1. The molecule has 1 aliphatic heterocycles. The number of thiazole rings is 1. The number of thioether (sulfide) groups is 1. The van der Waals surface area contributed by atoms with Gasteiger partial charge in [-0.05, 0) is 56.2 Å². The Hall–Kier alpha value is -2.42. The lowest BCUT2D eigenvalue weighted by molar-refractivity contribution is 0.0679. The second kappa shape index (κ2) is 10.5. The quantitative estimate of drug-likeness (QED) is 0.236. The molecule has 0 radical (unpaired) electrons. The van der Waals surface area contributed by atoms with E-state index in [1.54, 1.807) is 35.4 Å². The van der Waals surface area contributed by atoms with Crippen molar-refractivity contribution >= 4 is 44.9 Å². The number of carbonyl (C=O) groups excluding carboxylic acids is 1. The third-order valence-corrected chi connectivity index (χ3v) is 8.56. The Morgan fingerprint density at radius 1 is 1.15 bits per heavy atom. The molecule has 8 heteroatoms. The van der Waals surface area contributed by atoms with Crippen molar-refractivity contribution in [3.05, 3.63) is 86.7 Å². The van der Waals surface area contributed by atoms with E-state index < -0.39 is 0 Å². The lowest BCUT2D eigenvalue weighted by Crippen LogP contribution is -2.37. The van der Waals surface area contributed by atoms with Crippen molar-refractivity contribution in [3.63, 3.8) is 0 Å². The first-order valence-corrected chi connectivity index (χ1v) is 13.8. The van der Waals surface area contributed by atoms with Gasteiger partial charge in [0.1, 0.15) is 5.76 Å². The maximum absolute atomic E-state index is 13.0. The molecule has 1 fully saturated rings. The third kappa shape index (κ3) is 5.29. The lowest BCUT2D eigenvalue weighted by Gasteiger charge is -2.30. The van der Waals surface area contributed by atoms with Crippen molar-refractivity contribution in [3.8, 4) is 11.3 Å². The van der Waals surface area contributed by atoms with E-state index in [0.717, 1.165) is 39.4 Å². The van der Waals surface area contributed by atoms with E-state index in [9.17, 15) is 4.79 Å². The van der Waals surface area contributed by atoms with Crippen LogP contribution in [0.25, 0.3) is 11.3 Å². The Morgan fingerprint density at radius 3 is 2.68 bits per heavy atom. The van der Waals surface area contributed by atoms with E-state index in [1.807, 2.05) is 29.2 Å². The highest BCUT2D eigenvalue weighted by Crippen LogP contribution is 2.36. The standard InChI is InChI=1S/C26H24BrN3O2S2/c1-17-24(18-5-7-20(27)8-6-18)29-25(34-17)19-11-14-30(15-12-19)26(31)22-10-9-21(32-22)16-33-23-4-2-3-13-28-23/h2-10,13,19H,11-12,14-16H2,1H3. The second-order valence-corrected chi connectivity index (χ2v) is 11.4. The number of amides is 1. The minimum absolute atomic E-state index is 0.0293. The fraction of sp³-hybridized carbons (Fsp3) is 0.269. The van der Waals surface area contributed by atoms with Gasteiger partial charge in [-0.3, -0.25) is 4.79 Å². The predicted octanol–water partition coefficient (Wildman–Crippen LogP) is 7.18. The Bertz CT molecular complexity index is 1260. The molecular weight excluding hydrogens is 530 g/mol. The summed E-state index contributed by atoms with van der Waals surface area (Å²) in [7, 11) is 0. The molecule has 4 heterocycles. The molecule has 0 spiro atoms. The van der Waals surface area contributed by atoms with Gasteiger partial charge in [-0.1, -0.05) is 45.9 Å². The molecular formula is C26H24BrN3O2S2. The number of rotatable bonds is 6. The van der Waals surface area contributed by atoms with Crippen LogP contribution in [0.2, 0.25) is 0 Å². The van der Waals surface area contributed by atoms with Gasteiger partial charge in [0, 0.05) is 40.1 Å². The number of pyridine rings is 1. The Morgan fingerprint density at radius 2 is 1.94 bits per heavy atom. The summed E-state index contributed by atoms with van der Waals surface area (Å²) in [5.41, 5.74) is 2.21. The van der Waals surface area contributed by atoms with E-state index in [4.69, 9.17) is 9.40 Å². The van der Waals surface area contributed by atoms with Crippen LogP contribution in [0.5, 0.6) is 0 Å². The highest BCUT2D eigenvalue weighted by molar-refractivity contribution is 9.10. The molecule has 1 saturated heterocycles. The molecule has 0 bridgehead atoms. The molecule has 0 atom stereocenters. The van der Waals surface area contributed by atoms with E-state index >= 15 is 0 Å². The Balaban J connectivity index is 1.18. The molecule has 174 valence electrons. The summed E-state index contributed by atoms with van der Waals surface area (Å²) in [5, 5.41) is 2.11. The van der Waals surface area contributed by atoms with Crippen LogP contribution in [0.4, 0.5) is 0 Å².